The lowest BCUT2D eigenvalue weighted by atomic mass is 9.94. The normalized spacial score (nSPS) is 16.9. The fourth-order valence-corrected chi connectivity index (χ4v) is 4.42. The number of ether oxygens (including phenoxy) is 3. The number of anilines is 1. The molecule has 4 rings (SSSR count). The van der Waals surface area contributed by atoms with Gasteiger partial charge in [-0.3, -0.25) is 14.5 Å². The van der Waals surface area contributed by atoms with Crippen LogP contribution in [0.4, 0.5) is 5.69 Å². The van der Waals surface area contributed by atoms with Crippen LogP contribution in [0.25, 0.3) is 5.76 Å². The Labute approximate surface area is 208 Å². The molecule has 1 amide bonds. The van der Waals surface area contributed by atoms with Crippen LogP contribution in [0, 0.1) is 6.92 Å². The number of hydrogen-bond acceptors (Lipinski definition) is 6. The monoisotopic (exact) mass is 493 g/mol. The Bertz CT molecular complexity index is 1330. The molecule has 1 unspecified atom stereocenters. The number of amides is 1. The minimum Gasteiger partial charge on any atom is -0.507 e. The number of aryl methyl sites for hydroxylation is 1. The van der Waals surface area contributed by atoms with E-state index in [4.69, 9.17) is 25.8 Å². The first-order chi connectivity index (χ1) is 16.8. The predicted octanol–water partition coefficient (Wildman–Crippen LogP) is 5.30. The van der Waals surface area contributed by atoms with Crippen LogP contribution in [-0.2, 0) is 9.59 Å². The van der Waals surface area contributed by atoms with Gasteiger partial charge >= 0.3 is 0 Å². The summed E-state index contributed by atoms with van der Waals surface area (Å²) in [6, 6.07) is 16.2. The van der Waals surface area contributed by atoms with Crippen LogP contribution < -0.4 is 19.1 Å². The number of hydrogen-bond donors (Lipinski definition) is 1. The molecule has 0 bridgehead atoms. The van der Waals surface area contributed by atoms with Gasteiger partial charge in [-0.15, -0.1) is 0 Å². The van der Waals surface area contributed by atoms with Crippen molar-refractivity contribution in [2.45, 2.75) is 13.0 Å². The third-order valence-electron chi connectivity index (χ3n) is 5.92. The topological polar surface area (TPSA) is 85.3 Å². The molecule has 3 aromatic carbocycles. The zero-order chi connectivity index (χ0) is 25.3. The summed E-state index contributed by atoms with van der Waals surface area (Å²) in [4.78, 5) is 28.1. The van der Waals surface area contributed by atoms with Gasteiger partial charge in [0.1, 0.15) is 23.0 Å². The summed E-state index contributed by atoms with van der Waals surface area (Å²) in [5.74, 6) is -1.01. The van der Waals surface area contributed by atoms with Crippen molar-refractivity contribution in [3.63, 3.8) is 0 Å². The smallest absolute Gasteiger partial charge is 0.300 e. The Hall–Kier alpha value is -3.97. The number of para-hydroxylation sites is 1. The van der Waals surface area contributed by atoms with E-state index in [1.54, 1.807) is 36.4 Å². The van der Waals surface area contributed by atoms with E-state index >= 15 is 0 Å². The molecule has 3 aromatic rings. The molecule has 0 saturated carbocycles. The first-order valence-electron chi connectivity index (χ1n) is 10.7. The minimum atomic E-state index is -0.959. The second kappa shape index (κ2) is 9.72. The molecule has 1 aliphatic rings. The van der Waals surface area contributed by atoms with E-state index in [0.29, 0.717) is 22.7 Å². The maximum Gasteiger partial charge on any atom is 0.300 e. The van der Waals surface area contributed by atoms with Gasteiger partial charge in [-0.1, -0.05) is 47.5 Å². The van der Waals surface area contributed by atoms with E-state index in [2.05, 4.69) is 0 Å². The molecular weight excluding hydrogens is 470 g/mol. The molecule has 1 saturated heterocycles. The molecule has 8 heteroatoms. The van der Waals surface area contributed by atoms with Gasteiger partial charge in [-0.2, -0.15) is 0 Å². The summed E-state index contributed by atoms with van der Waals surface area (Å²) in [5.41, 5.74) is 2.08. The van der Waals surface area contributed by atoms with Crippen molar-refractivity contribution in [2.24, 2.45) is 0 Å². The van der Waals surface area contributed by atoms with Gasteiger partial charge in [-0.05, 0) is 31.2 Å². The van der Waals surface area contributed by atoms with Crippen molar-refractivity contribution in [2.75, 3.05) is 26.2 Å². The quantitative estimate of drug-likeness (QED) is 0.285. The zero-order valence-corrected chi connectivity index (χ0v) is 20.4. The van der Waals surface area contributed by atoms with Crippen LogP contribution in [0.5, 0.6) is 17.2 Å². The zero-order valence-electron chi connectivity index (χ0n) is 19.7. The highest BCUT2D eigenvalue weighted by Gasteiger charge is 2.48. The van der Waals surface area contributed by atoms with Crippen LogP contribution in [-0.4, -0.2) is 38.1 Å². The van der Waals surface area contributed by atoms with Crippen LogP contribution in [0.3, 0.4) is 0 Å². The number of carbonyl (C=O) groups excluding carboxylic acids is 2. The fourth-order valence-electron chi connectivity index (χ4n) is 4.18. The second-order valence-electron chi connectivity index (χ2n) is 7.93. The van der Waals surface area contributed by atoms with Crippen molar-refractivity contribution < 1.29 is 28.9 Å². The molecule has 1 N–H and O–H groups in total. The molecule has 0 aromatic heterocycles. The lowest BCUT2D eigenvalue weighted by molar-refractivity contribution is -0.132. The molecule has 0 spiro atoms. The number of aliphatic hydroxyl groups is 1. The second-order valence-corrected chi connectivity index (χ2v) is 8.34. The molecule has 1 aliphatic heterocycles. The third kappa shape index (κ3) is 4.19. The highest BCUT2D eigenvalue weighted by Crippen LogP contribution is 2.46. The number of rotatable bonds is 6. The number of benzene rings is 3. The SMILES string of the molecule is COc1cc(OC)c(/C(O)=C2\C(=O)C(=O)N(c3ccc(C)cc3)C2c2ccccc2OC)cc1Cl. The number of ketones is 1. The molecule has 180 valence electrons. The Kier molecular flexibility index (Phi) is 6.71. The summed E-state index contributed by atoms with van der Waals surface area (Å²) < 4.78 is 16.2. The van der Waals surface area contributed by atoms with E-state index in [-0.39, 0.29) is 21.9 Å². The number of methoxy groups -OCH3 is 3. The van der Waals surface area contributed by atoms with Gasteiger partial charge in [0.15, 0.2) is 0 Å². The van der Waals surface area contributed by atoms with Gasteiger partial charge in [0, 0.05) is 17.3 Å². The van der Waals surface area contributed by atoms with Crippen molar-refractivity contribution in [3.8, 4) is 17.2 Å². The molecule has 1 atom stereocenters. The number of Topliss-reactive ketones (excluding diaryl/α,β-unsaturated/α-hetero) is 1. The first kappa shape index (κ1) is 24.2. The largest absolute Gasteiger partial charge is 0.507 e. The first-order valence-corrected chi connectivity index (χ1v) is 11.1. The minimum absolute atomic E-state index is 0.111. The van der Waals surface area contributed by atoms with Crippen molar-refractivity contribution in [3.05, 3.63) is 87.9 Å². The van der Waals surface area contributed by atoms with Crippen LogP contribution >= 0.6 is 11.6 Å². The average Bonchev–Trinajstić information content (AvgIpc) is 3.14. The summed E-state index contributed by atoms with van der Waals surface area (Å²) in [5, 5.41) is 11.7. The fraction of sp³-hybridized carbons (Fsp3) is 0.185. The van der Waals surface area contributed by atoms with Crippen LogP contribution in [0.2, 0.25) is 5.02 Å². The lowest BCUT2D eigenvalue weighted by Crippen LogP contribution is -2.29. The van der Waals surface area contributed by atoms with Crippen molar-refractivity contribution >= 4 is 34.7 Å². The standard InChI is InChI=1S/C27H24ClNO6/c1-15-9-11-16(12-10-15)29-24(17-7-5-6-8-20(17)33-2)23(26(31)27(29)32)25(30)18-13-19(28)22(35-4)14-21(18)34-3/h5-14,24,30H,1-4H3/b25-23+. The number of halogens is 1. The molecule has 0 radical (unpaired) electrons. The molecule has 1 fully saturated rings. The summed E-state index contributed by atoms with van der Waals surface area (Å²) in [6.07, 6.45) is 0. The average molecular weight is 494 g/mol. The summed E-state index contributed by atoms with van der Waals surface area (Å²) in [6.45, 7) is 1.93. The van der Waals surface area contributed by atoms with Crippen molar-refractivity contribution in [1.29, 1.82) is 0 Å². The number of nitrogens with zero attached hydrogens (tertiary/aromatic N) is 1. The maximum absolute atomic E-state index is 13.4. The molecule has 0 aliphatic carbocycles. The van der Waals surface area contributed by atoms with Gasteiger partial charge in [0.25, 0.3) is 11.7 Å². The van der Waals surface area contributed by atoms with E-state index in [0.717, 1.165) is 5.56 Å². The molecular formula is C27H24ClNO6. The Morgan fingerprint density at radius 3 is 2.14 bits per heavy atom. The van der Waals surface area contributed by atoms with Gasteiger partial charge < -0.3 is 19.3 Å². The van der Waals surface area contributed by atoms with E-state index in [1.165, 1.54) is 38.4 Å². The molecule has 35 heavy (non-hydrogen) atoms. The van der Waals surface area contributed by atoms with Gasteiger partial charge in [0.2, 0.25) is 0 Å². The van der Waals surface area contributed by atoms with Gasteiger partial charge in [-0.25, -0.2) is 0 Å². The number of aliphatic hydroxyl groups excluding tert-OH is 1. The van der Waals surface area contributed by atoms with E-state index < -0.39 is 23.5 Å². The van der Waals surface area contributed by atoms with Crippen molar-refractivity contribution in [1.82, 2.24) is 0 Å². The number of carbonyl (C=O) groups is 2. The predicted molar refractivity (Wildman–Crippen MR) is 134 cm³/mol. The van der Waals surface area contributed by atoms with Gasteiger partial charge in [0.05, 0.1) is 43.5 Å². The van der Waals surface area contributed by atoms with E-state index in [1.807, 2.05) is 19.1 Å². The third-order valence-corrected chi connectivity index (χ3v) is 6.21. The Balaban J connectivity index is 2.02. The lowest BCUT2D eigenvalue weighted by Gasteiger charge is -2.27. The summed E-state index contributed by atoms with van der Waals surface area (Å²) >= 11 is 6.32. The maximum atomic E-state index is 13.4. The van der Waals surface area contributed by atoms with Crippen LogP contribution in [0.15, 0.2) is 66.2 Å². The molecule has 1 heterocycles. The Morgan fingerprint density at radius 2 is 1.51 bits per heavy atom. The van der Waals surface area contributed by atoms with E-state index in [9.17, 15) is 14.7 Å². The summed E-state index contributed by atoms with van der Waals surface area (Å²) in [7, 11) is 4.38. The highest BCUT2D eigenvalue weighted by atomic mass is 35.5. The van der Waals surface area contributed by atoms with Crippen LogP contribution in [0.1, 0.15) is 22.7 Å². The molecule has 7 nitrogen and oxygen atoms in total. The Morgan fingerprint density at radius 1 is 0.886 bits per heavy atom. The highest BCUT2D eigenvalue weighted by molar-refractivity contribution is 6.51.